The molecule has 0 saturated carbocycles. The van der Waals surface area contributed by atoms with E-state index in [9.17, 15) is 4.79 Å². The second-order valence-corrected chi connectivity index (χ2v) is 4.88. The summed E-state index contributed by atoms with van der Waals surface area (Å²) >= 11 is 6.11. The van der Waals surface area contributed by atoms with E-state index in [4.69, 9.17) is 22.0 Å². The second kappa shape index (κ2) is 7.13. The Balaban J connectivity index is 2.90. The Labute approximate surface area is 118 Å². The highest BCUT2D eigenvalue weighted by Crippen LogP contribution is 2.20. The van der Waals surface area contributed by atoms with Crippen molar-refractivity contribution in [1.29, 1.82) is 5.26 Å². The van der Waals surface area contributed by atoms with Gasteiger partial charge in [-0.15, -0.1) is 0 Å². The molecule has 19 heavy (non-hydrogen) atoms. The fourth-order valence-corrected chi connectivity index (χ4v) is 2.00. The summed E-state index contributed by atoms with van der Waals surface area (Å²) in [5, 5.41) is 18.2. The van der Waals surface area contributed by atoms with E-state index in [1.54, 1.807) is 18.2 Å². The highest BCUT2D eigenvalue weighted by molar-refractivity contribution is 6.31. The molecule has 0 fully saturated rings. The monoisotopic (exact) mass is 280 g/mol. The van der Waals surface area contributed by atoms with Gasteiger partial charge in [-0.25, -0.2) is 0 Å². The topological polar surface area (TPSA) is 64.3 Å². The van der Waals surface area contributed by atoms with Crippen LogP contribution in [0.15, 0.2) is 18.2 Å². The number of carbonyl (C=O) groups is 1. The largest absolute Gasteiger partial charge is 0.480 e. The molecule has 0 saturated heterocycles. The Hall–Kier alpha value is -1.57. The van der Waals surface area contributed by atoms with E-state index >= 15 is 0 Å². The number of hydrogen-bond donors (Lipinski definition) is 1. The van der Waals surface area contributed by atoms with Crippen LogP contribution in [0.1, 0.15) is 31.4 Å². The molecule has 0 spiro atoms. The summed E-state index contributed by atoms with van der Waals surface area (Å²) in [6, 6.07) is 7.25. The smallest absolute Gasteiger partial charge is 0.317 e. The zero-order chi connectivity index (χ0) is 14.4. The molecule has 0 aromatic heterocycles. The number of halogens is 1. The van der Waals surface area contributed by atoms with Gasteiger partial charge in [0.05, 0.1) is 18.2 Å². The molecular weight excluding hydrogens is 264 g/mol. The number of carboxylic acid groups (broad SMARTS) is 1. The van der Waals surface area contributed by atoms with Gasteiger partial charge in [-0.2, -0.15) is 5.26 Å². The number of nitriles is 1. The van der Waals surface area contributed by atoms with E-state index in [0.717, 1.165) is 12.0 Å². The quantitative estimate of drug-likeness (QED) is 0.870. The van der Waals surface area contributed by atoms with Crippen LogP contribution in [-0.4, -0.2) is 28.6 Å². The Morgan fingerprint density at radius 2 is 2.26 bits per heavy atom. The second-order valence-electron chi connectivity index (χ2n) is 4.47. The van der Waals surface area contributed by atoms with Crippen molar-refractivity contribution in [3.63, 3.8) is 0 Å². The summed E-state index contributed by atoms with van der Waals surface area (Å²) < 4.78 is 0. The molecule has 1 aromatic carbocycles. The van der Waals surface area contributed by atoms with E-state index in [2.05, 4.69) is 0 Å². The van der Waals surface area contributed by atoms with Crippen molar-refractivity contribution in [2.45, 2.75) is 32.9 Å². The third kappa shape index (κ3) is 4.55. The van der Waals surface area contributed by atoms with Crippen LogP contribution in [0.2, 0.25) is 5.02 Å². The summed E-state index contributed by atoms with van der Waals surface area (Å²) in [6.07, 6.45) is 0.862. The van der Waals surface area contributed by atoms with Gasteiger partial charge in [0, 0.05) is 17.6 Å². The maximum atomic E-state index is 10.9. The summed E-state index contributed by atoms with van der Waals surface area (Å²) in [5.74, 6) is -0.856. The maximum Gasteiger partial charge on any atom is 0.317 e. The van der Waals surface area contributed by atoms with E-state index in [0.29, 0.717) is 17.1 Å². The lowest BCUT2D eigenvalue weighted by Gasteiger charge is -2.27. The summed E-state index contributed by atoms with van der Waals surface area (Å²) in [6.45, 7) is 4.44. The Bertz CT molecular complexity index is 497. The first-order valence-electron chi connectivity index (χ1n) is 6.12. The molecule has 0 aliphatic carbocycles. The third-order valence-electron chi connectivity index (χ3n) is 3.11. The van der Waals surface area contributed by atoms with Crippen molar-refractivity contribution in [2.75, 3.05) is 6.54 Å². The van der Waals surface area contributed by atoms with Crippen LogP contribution in [0, 0.1) is 11.3 Å². The average molecular weight is 281 g/mol. The van der Waals surface area contributed by atoms with Gasteiger partial charge in [0.2, 0.25) is 0 Å². The van der Waals surface area contributed by atoms with E-state index in [1.165, 1.54) is 0 Å². The normalized spacial score (nSPS) is 12.2. The first-order chi connectivity index (χ1) is 8.97. The number of carboxylic acids is 1. The molecule has 0 aliphatic heterocycles. The van der Waals surface area contributed by atoms with Gasteiger partial charge >= 0.3 is 5.97 Å². The fraction of sp³-hybridized carbons (Fsp3) is 0.429. The molecule has 5 heteroatoms. The maximum absolute atomic E-state index is 10.9. The number of nitrogens with zero attached hydrogens (tertiary/aromatic N) is 2. The highest BCUT2D eigenvalue weighted by atomic mass is 35.5. The minimum absolute atomic E-state index is 0.0225. The first-order valence-corrected chi connectivity index (χ1v) is 6.50. The van der Waals surface area contributed by atoms with Crippen LogP contribution in [0.5, 0.6) is 0 Å². The van der Waals surface area contributed by atoms with E-state index in [-0.39, 0.29) is 12.6 Å². The van der Waals surface area contributed by atoms with Crippen molar-refractivity contribution >= 4 is 17.6 Å². The lowest BCUT2D eigenvalue weighted by atomic mass is 10.1. The van der Waals surface area contributed by atoms with Crippen LogP contribution in [0.25, 0.3) is 0 Å². The molecule has 1 atom stereocenters. The zero-order valence-electron chi connectivity index (χ0n) is 11.1. The molecule has 4 nitrogen and oxygen atoms in total. The summed E-state index contributed by atoms with van der Waals surface area (Å²) in [5.41, 5.74) is 1.34. The minimum atomic E-state index is -0.856. The zero-order valence-corrected chi connectivity index (χ0v) is 11.8. The van der Waals surface area contributed by atoms with E-state index < -0.39 is 5.97 Å². The SMILES string of the molecule is CCC(C)N(CC(=O)O)Cc1ccc(C#N)cc1Cl. The molecule has 0 amide bonds. The number of hydrogen-bond acceptors (Lipinski definition) is 3. The molecule has 0 aliphatic rings. The van der Waals surface area contributed by atoms with Gasteiger partial charge in [-0.1, -0.05) is 24.6 Å². The van der Waals surface area contributed by atoms with Crippen molar-refractivity contribution in [3.8, 4) is 6.07 Å². The summed E-state index contributed by atoms with van der Waals surface area (Å²) in [4.78, 5) is 12.7. The first kappa shape index (κ1) is 15.5. The molecule has 1 unspecified atom stereocenters. The summed E-state index contributed by atoms with van der Waals surface area (Å²) in [7, 11) is 0. The molecule has 1 aromatic rings. The predicted octanol–water partition coefficient (Wildman–Crippen LogP) is 2.90. The van der Waals surface area contributed by atoms with Crippen molar-refractivity contribution in [2.24, 2.45) is 0 Å². The Morgan fingerprint density at radius 1 is 1.58 bits per heavy atom. The molecule has 1 rings (SSSR count). The van der Waals surface area contributed by atoms with Gasteiger partial charge in [0.25, 0.3) is 0 Å². The predicted molar refractivity (Wildman–Crippen MR) is 74.0 cm³/mol. The lowest BCUT2D eigenvalue weighted by molar-refractivity contribution is -0.139. The van der Waals surface area contributed by atoms with Crippen molar-refractivity contribution < 1.29 is 9.90 Å². The van der Waals surface area contributed by atoms with Crippen molar-refractivity contribution in [3.05, 3.63) is 34.3 Å². The molecule has 102 valence electrons. The molecule has 0 radical (unpaired) electrons. The molecule has 0 heterocycles. The molecule has 0 bridgehead atoms. The van der Waals surface area contributed by atoms with Gasteiger partial charge in [0.15, 0.2) is 0 Å². The highest BCUT2D eigenvalue weighted by Gasteiger charge is 2.17. The number of aliphatic carboxylic acids is 1. The Morgan fingerprint density at radius 3 is 2.74 bits per heavy atom. The number of rotatable bonds is 6. The minimum Gasteiger partial charge on any atom is -0.480 e. The van der Waals surface area contributed by atoms with Crippen LogP contribution < -0.4 is 0 Å². The van der Waals surface area contributed by atoms with Crippen molar-refractivity contribution in [1.82, 2.24) is 4.90 Å². The molecule has 1 N–H and O–H groups in total. The lowest BCUT2D eigenvalue weighted by Crippen LogP contribution is -2.36. The van der Waals surface area contributed by atoms with Gasteiger partial charge in [-0.05, 0) is 31.0 Å². The van der Waals surface area contributed by atoms with Crippen LogP contribution >= 0.6 is 11.6 Å². The van der Waals surface area contributed by atoms with Gasteiger partial charge in [0.1, 0.15) is 0 Å². The average Bonchev–Trinajstić information content (AvgIpc) is 2.38. The number of benzene rings is 1. The fourth-order valence-electron chi connectivity index (χ4n) is 1.76. The molecular formula is C14H17ClN2O2. The van der Waals surface area contributed by atoms with Gasteiger partial charge < -0.3 is 5.11 Å². The standard InChI is InChI=1S/C14H17ClN2O2/c1-3-10(2)17(9-14(18)19)8-12-5-4-11(7-16)6-13(12)15/h4-6,10H,3,8-9H2,1-2H3,(H,18,19). The van der Waals surface area contributed by atoms with Crippen LogP contribution in [0.3, 0.4) is 0 Å². The van der Waals surface area contributed by atoms with Crippen LogP contribution in [-0.2, 0) is 11.3 Å². The van der Waals surface area contributed by atoms with Gasteiger partial charge in [-0.3, -0.25) is 9.69 Å². The third-order valence-corrected chi connectivity index (χ3v) is 3.46. The Kier molecular flexibility index (Phi) is 5.81. The van der Waals surface area contributed by atoms with Crippen LogP contribution in [0.4, 0.5) is 0 Å². The van der Waals surface area contributed by atoms with E-state index in [1.807, 2.05) is 24.8 Å².